The van der Waals surface area contributed by atoms with E-state index in [4.69, 9.17) is 11.6 Å². The van der Waals surface area contributed by atoms with E-state index in [1.165, 1.54) is 36.4 Å². The van der Waals surface area contributed by atoms with Crippen molar-refractivity contribution >= 4 is 17.5 Å². The molecule has 0 bridgehead atoms. The standard InChI is InChI=1S/C16H14ClF2NO2/c17-12-2-1-3-13(19)15(12)16(22)20-9-8-14(21)10-4-6-11(18)7-5-10/h1-7,14,21H,8-9H2,(H,20,22). The molecule has 0 aliphatic rings. The Labute approximate surface area is 131 Å². The van der Waals surface area contributed by atoms with Crippen molar-refractivity contribution < 1.29 is 18.7 Å². The van der Waals surface area contributed by atoms with Gasteiger partial charge in [-0.25, -0.2) is 8.78 Å². The van der Waals surface area contributed by atoms with Gasteiger partial charge >= 0.3 is 0 Å². The lowest BCUT2D eigenvalue weighted by Gasteiger charge is -2.12. The molecule has 0 aromatic heterocycles. The summed E-state index contributed by atoms with van der Waals surface area (Å²) >= 11 is 5.79. The number of nitrogens with one attached hydrogen (secondary N) is 1. The second-order valence-electron chi connectivity index (χ2n) is 4.71. The summed E-state index contributed by atoms with van der Waals surface area (Å²) in [5.41, 5.74) is 0.319. The molecule has 2 aromatic rings. The van der Waals surface area contributed by atoms with Crippen molar-refractivity contribution in [2.75, 3.05) is 6.54 Å². The van der Waals surface area contributed by atoms with Crippen LogP contribution in [0.1, 0.15) is 28.4 Å². The van der Waals surface area contributed by atoms with Crippen LogP contribution in [0.2, 0.25) is 5.02 Å². The first-order chi connectivity index (χ1) is 10.5. The average molecular weight is 326 g/mol. The van der Waals surface area contributed by atoms with Gasteiger partial charge in [0, 0.05) is 6.54 Å². The summed E-state index contributed by atoms with van der Waals surface area (Å²) in [6.45, 7) is 0.127. The lowest BCUT2D eigenvalue weighted by atomic mass is 10.1. The molecule has 0 radical (unpaired) electrons. The average Bonchev–Trinajstić information content (AvgIpc) is 2.47. The number of amides is 1. The molecule has 1 unspecified atom stereocenters. The smallest absolute Gasteiger partial charge is 0.255 e. The number of aliphatic hydroxyl groups is 1. The Morgan fingerprint density at radius 3 is 2.50 bits per heavy atom. The van der Waals surface area contributed by atoms with Crippen molar-refractivity contribution in [2.24, 2.45) is 0 Å². The lowest BCUT2D eigenvalue weighted by Crippen LogP contribution is -2.26. The molecule has 0 saturated heterocycles. The van der Waals surface area contributed by atoms with E-state index in [0.29, 0.717) is 5.56 Å². The first kappa shape index (κ1) is 16.4. The number of halogens is 3. The Morgan fingerprint density at radius 2 is 1.86 bits per heavy atom. The highest BCUT2D eigenvalue weighted by atomic mass is 35.5. The fourth-order valence-corrected chi connectivity index (χ4v) is 2.23. The first-order valence-corrected chi connectivity index (χ1v) is 7.02. The minimum Gasteiger partial charge on any atom is -0.388 e. The number of hydrogen-bond donors (Lipinski definition) is 2. The van der Waals surface area contributed by atoms with E-state index in [2.05, 4.69) is 5.32 Å². The highest BCUT2D eigenvalue weighted by molar-refractivity contribution is 6.33. The summed E-state index contributed by atoms with van der Waals surface area (Å²) in [7, 11) is 0. The molecule has 2 aromatic carbocycles. The number of hydrogen-bond acceptors (Lipinski definition) is 2. The largest absolute Gasteiger partial charge is 0.388 e. The number of carbonyl (C=O) groups is 1. The molecule has 22 heavy (non-hydrogen) atoms. The van der Waals surface area contributed by atoms with Crippen LogP contribution in [0, 0.1) is 11.6 Å². The van der Waals surface area contributed by atoms with Crippen molar-refractivity contribution in [3.8, 4) is 0 Å². The quantitative estimate of drug-likeness (QED) is 0.884. The van der Waals surface area contributed by atoms with E-state index in [-0.39, 0.29) is 23.6 Å². The SMILES string of the molecule is O=C(NCCC(O)c1ccc(F)cc1)c1c(F)cccc1Cl. The maximum Gasteiger partial charge on any atom is 0.255 e. The van der Waals surface area contributed by atoms with Gasteiger partial charge < -0.3 is 10.4 Å². The summed E-state index contributed by atoms with van der Waals surface area (Å²) in [6, 6.07) is 9.41. The monoisotopic (exact) mass is 325 g/mol. The topological polar surface area (TPSA) is 49.3 Å². The fourth-order valence-electron chi connectivity index (χ4n) is 1.98. The van der Waals surface area contributed by atoms with Crippen LogP contribution in [0.3, 0.4) is 0 Å². The van der Waals surface area contributed by atoms with Crippen molar-refractivity contribution in [3.63, 3.8) is 0 Å². The second kappa shape index (κ2) is 7.33. The summed E-state index contributed by atoms with van der Waals surface area (Å²) in [4.78, 5) is 11.9. The van der Waals surface area contributed by atoms with E-state index >= 15 is 0 Å². The Bertz CT molecular complexity index is 641. The highest BCUT2D eigenvalue weighted by Crippen LogP contribution is 2.19. The van der Waals surface area contributed by atoms with Crippen LogP contribution in [0.5, 0.6) is 0 Å². The normalized spacial score (nSPS) is 12.0. The van der Waals surface area contributed by atoms with Gasteiger partial charge in [0.15, 0.2) is 0 Å². The van der Waals surface area contributed by atoms with E-state index in [1.54, 1.807) is 0 Å². The molecule has 0 aliphatic carbocycles. The Balaban J connectivity index is 1.90. The zero-order valence-electron chi connectivity index (χ0n) is 11.5. The number of carbonyl (C=O) groups excluding carboxylic acids is 1. The molecule has 0 spiro atoms. The summed E-state index contributed by atoms with van der Waals surface area (Å²) < 4.78 is 26.3. The fraction of sp³-hybridized carbons (Fsp3) is 0.188. The van der Waals surface area contributed by atoms with Gasteiger partial charge in [-0.2, -0.15) is 0 Å². The maximum atomic E-state index is 13.6. The minimum absolute atomic E-state index is 0.0246. The third kappa shape index (κ3) is 4.02. The zero-order valence-corrected chi connectivity index (χ0v) is 12.3. The van der Waals surface area contributed by atoms with Crippen LogP contribution in [-0.4, -0.2) is 17.6 Å². The highest BCUT2D eigenvalue weighted by Gasteiger charge is 2.16. The number of rotatable bonds is 5. The van der Waals surface area contributed by atoms with Gasteiger partial charge in [0.05, 0.1) is 16.7 Å². The molecule has 0 fully saturated rings. The van der Waals surface area contributed by atoms with Gasteiger partial charge in [-0.3, -0.25) is 4.79 Å². The van der Waals surface area contributed by atoms with Crippen molar-refractivity contribution in [1.29, 1.82) is 0 Å². The molecule has 1 amide bonds. The second-order valence-corrected chi connectivity index (χ2v) is 5.12. The third-order valence-corrected chi connectivity index (χ3v) is 3.46. The van der Waals surface area contributed by atoms with Gasteiger partial charge in [-0.15, -0.1) is 0 Å². The van der Waals surface area contributed by atoms with E-state index in [9.17, 15) is 18.7 Å². The molecular weight excluding hydrogens is 312 g/mol. The van der Waals surface area contributed by atoms with Crippen LogP contribution >= 0.6 is 11.6 Å². The van der Waals surface area contributed by atoms with Crippen LogP contribution in [0.25, 0.3) is 0 Å². The van der Waals surface area contributed by atoms with Crippen LogP contribution < -0.4 is 5.32 Å². The molecule has 0 aliphatic heterocycles. The first-order valence-electron chi connectivity index (χ1n) is 6.65. The Morgan fingerprint density at radius 1 is 1.18 bits per heavy atom. The molecule has 6 heteroatoms. The van der Waals surface area contributed by atoms with Gasteiger partial charge in [-0.05, 0) is 36.2 Å². The molecular formula is C16H14ClF2NO2. The molecule has 3 nitrogen and oxygen atoms in total. The molecule has 0 heterocycles. The predicted molar refractivity (Wildman–Crippen MR) is 79.7 cm³/mol. The lowest BCUT2D eigenvalue weighted by molar-refractivity contribution is 0.0939. The summed E-state index contributed by atoms with van der Waals surface area (Å²) in [5, 5.41) is 12.4. The van der Waals surface area contributed by atoms with E-state index in [0.717, 1.165) is 6.07 Å². The van der Waals surface area contributed by atoms with Gasteiger partial charge in [0.2, 0.25) is 0 Å². The van der Waals surface area contributed by atoms with Gasteiger partial charge in [0.1, 0.15) is 11.6 Å². The van der Waals surface area contributed by atoms with Gasteiger partial charge in [0.25, 0.3) is 5.91 Å². The van der Waals surface area contributed by atoms with Crippen molar-refractivity contribution in [2.45, 2.75) is 12.5 Å². The predicted octanol–water partition coefficient (Wildman–Crippen LogP) is 3.47. The van der Waals surface area contributed by atoms with Crippen LogP contribution in [-0.2, 0) is 0 Å². The molecule has 0 saturated carbocycles. The van der Waals surface area contributed by atoms with E-state index in [1.807, 2.05) is 0 Å². The summed E-state index contributed by atoms with van der Waals surface area (Å²) in [6.07, 6.45) is -0.638. The summed E-state index contributed by atoms with van der Waals surface area (Å²) in [5.74, 6) is -1.74. The van der Waals surface area contributed by atoms with Crippen LogP contribution in [0.15, 0.2) is 42.5 Å². The minimum atomic E-state index is -0.850. The van der Waals surface area contributed by atoms with Crippen molar-refractivity contribution in [1.82, 2.24) is 5.32 Å². The molecule has 2 rings (SSSR count). The van der Waals surface area contributed by atoms with E-state index < -0.39 is 23.6 Å². The number of benzene rings is 2. The van der Waals surface area contributed by atoms with Gasteiger partial charge in [-0.1, -0.05) is 29.8 Å². The maximum absolute atomic E-state index is 13.6. The number of aliphatic hydroxyl groups excluding tert-OH is 1. The third-order valence-electron chi connectivity index (χ3n) is 3.15. The van der Waals surface area contributed by atoms with Crippen LogP contribution in [0.4, 0.5) is 8.78 Å². The zero-order chi connectivity index (χ0) is 16.1. The Kier molecular flexibility index (Phi) is 5.46. The molecule has 116 valence electrons. The Hall–Kier alpha value is -1.98. The van der Waals surface area contributed by atoms with Crippen molar-refractivity contribution in [3.05, 3.63) is 70.2 Å². The molecule has 1 atom stereocenters. The molecule has 2 N–H and O–H groups in total.